The topological polar surface area (TPSA) is 80.6 Å². The van der Waals surface area contributed by atoms with E-state index in [9.17, 15) is 14.7 Å². The van der Waals surface area contributed by atoms with Gasteiger partial charge in [0, 0.05) is 30.1 Å². The van der Waals surface area contributed by atoms with Gasteiger partial charge in [0.15, 0.2) is 0 Å². The van der Waals surface area contributed by atoms with Crippen LogP contribution in [0.3, 0.4) is 0 Å². The summed E-state index contributed by atoms with van der Waals surface area (Å²) < 4.78 is 6.60. The third kappa shape index (κ3) is 3.09. The van der Waals surface area contributed by atoms with Gasteiger partial charge in [0.25, 0.3) is 0 Å². The summed E-state index contributed by atoms with van der Waals surface area (Å²) in [7, 11) is 0. The number of hydrogen-bond donors (Lipinski definition) is 2. The van der Waals surface area contributed by atoms with Crippen LogP contribution in [0.25, 0.3) is 10.9 Å². The fourth-order valence-corrected chi connectivity index (χ4v) is 4.09. The third-order valence-electron chi connectivity index (χ3n) is 5.19. The van der Waals surface area contributed by atoms with E-state index in [1.807, 2.05) is 18.2 Å². The maximum absolute atomic E-state index is 12.8. The molecule has 0 spiro atoms. The molecule has 1 saturated heterocycles. The SMILES string of the molecule is CCOC(=O)C1C(c2cn(C(=O)O)c3ccccc23)CNC1C(C)(C)C. The molecule has 26 heavy (non-hydrogen) atoms. The second kappa shape index (κ2) is 6.76. The molecule has 0 amide bonds. The molecule has 3 atom stereocenters. The number of aromatic nitrogens is 1. The Kier molecular flexibility index (Phi) is 4.80. The van der Waals surface area contributed by atoms with E-state index in [4.69, 9.17) is 4.74 Å². The van der Waals surface area contributed by atoms with E-state index in [1.165, 1.54) is 4.57 Å². The molecule has 3 unspecified atom stereocenters. The Balaban J connectivity index is 2.11. The number of carbonyl (C=O) groups is 2. The van der Waals surface area contributed by atoms with Crippen molar-refractivity contribution in [3.8, 4) is 0 Å². The number of para-hydroxylation sites is 1. The summed E-state index contributed by atoms with van der Waals surface area (Å²) in [5.74, 6) is -0.721. The number of nitrogens with one attached hydrogen (secondary N) is 1. The summed E-state index contributed by atoms with van der Waals surface area (Å²) in [5, 5.41) is 13.9. The molecule has 0 saturated carbocycles. The molecule has 0 bridgehead atoms. The first-order chi connectivity index (χ1) is 12.3. The Morgan fingerprint density at radius 2 is 2.00 bits per heavy atom. The van der Waals surface area contributed by atoms with E-state index < -0.39 is 6.09 Å². The lowest BCUT2D eigenvalue weighted by Gasteiger charge is -2.32. The molecule has 1 aliphatic rings. The minimum Gasteiger partial charge on any atom is -0.466 e. The molecule has 2 aromatic rings. The largest absolute Gasteiger partial charge is 0.466 e. The van der Waals surface area contributed by atoms with Crippen molar-refractivity contribution < 1.29 is 19.4 Å². The predicted molar refractivity (Wildman–Crippen MR) is 99.5 cm³/mol. The molecule has 140 valence electrons. The number of hydrogen-bond acceptors (Lipinski definition) is 4. The van der Waals surface area contributed by atoms with Gasteiger partial charge >= 0.3 is 12.1 Å². The number of carbonyl (C=O) groups excluding carboxylic acids is 1. The van der Waals surface area contributed by atoms with Gasteiger partial charge in [-0.2, -0.15) is 0 Å². The average molecular weight is 358 g/mol. The van der Waals surface area contributed by atoms with Crippen LogP contribution in [0.15, 0.2) is 30.5 Å². The maximum atomic E-state index is 12.8. The Hall–Kier alpha value is -2.34. The standard InChI is InChI=1S/C20H26N2O4/c1-5-26-18(23)16-13(10-21-17(16)20(2,3)4)14-11-22(19(24)25)15-9-7-6-8-12(14)15/h6-9,11,13,16-17,21H,5,10H2,1-4H3,(H,24,25). The minimum absolute atomic E-state index is 0.0431. The fourth-order valence-electron chi connectivity index (χ4n) is 4.09. The number of benzene rings is 1. The minimum atomic E-state index is -1.03. The Labute approximate surface area is 153 Å². The van der Waals surface area contributed by atoms with Crippen molar-refractivity contribution >= 4 is 23.0 Å². The van der Waals surface area contributed by atoms with Gasteiger partial charge < -0.3 is 15.2 Å². The van der Waals surface area contributed by atoms with E-state index in [0.717, 1.165) is 10.9 Å². The zero-order valence-electron chi connectivity index (χ0n) is 15.7. The van der Waals surface area contributed by atoms with Crippen molar-refractivity contribution in [3.63, 3.8) is 0 Å². The number of fused-ring (bicyclic) bond motifs is 1. The van der Waals surface area contributed by atoms with Gasteiger partial charge in [0.05, 0.1) is 18.0 Å². The van der Waals surface area contributed by atoms with Gasteiger partial charge in [-0.25, -0.2) is 4.79 Å². The monoisotopic (exact) mass is 358 g/mol. The lowest BCUT2D eigenvalue weighted by Crippen LogP contribution is -2.43. The van der Waals surface area contributed by atoms with Crippen LogP contribution in [0, 0.1) is 11.3 Å². The summed E-state index contributed by atoms with van der Waals surface area (Å²) in [6.45, 7) is 9.03. The van der Waals surface area contributed by atoms with Gasteiger partial charge in [-0.3, -0.25) is 9.36 Å². The van der Waals surface area contributed by atoms with E-state index >= 15 is 0 Å². The highest BCUT2D eigenvalue weighted by atomic mass is 16.5. The molecule has 6 nitrogen and oxygen atoms in total. The van der Waals surface area contributed by atoms with Crippen molar-refractivity contribution in [2.75, 3.05) is 13.2 Å². The quantitative estimate of drug-likeness (QED) is 0.822. The Morgan fingerprint density at radius 1 is 1.31 bits per heavy atom. The van der Waals surface area contributed by atoms with Crippen LogP contribution in [-0.4, -0.2) is 40.9 Å². The normalized spacial score (nSPS) is 23.3. The zero-order valence-corrected chi connectivity index (χ0v) is 15.7. The number of rotatable bonds is 3. The smallest absolute Gasteiger partial charge is 0.416 e. The van der Waals surface area contributed by atoms with Crippen LogP contribution in [0.1, 0.15) is 39.2 Å². The van der Waals surface area contributed by atoms with Crippen LogP contribution >= 0.6 is 0 Å². The molecule has 2 N–H and O–H groups in total. The van der Waals surface area contributed by atoms with E-state index in [1.54, 1.807) is 19.2 Å². The van der Waals surface area contributed by atoms with Crippen molar-refractivity contribution in [2.24, 2.45) is 11.3 Å². The van der Waals surface area contributed by atoms with E-state index in [-0.39, 0.29) is 29.3 Å². The zero-order chi connectivity index (χ0) is 19.1. The van der Waals surface area contributed by atoms with Gasteiger partial charge in [-0.1, -0.05) is 39.0 Å². The van der Waals surface area contributed by atoms with Crippen LogP contribution in [-0.2, 0) is 9.53 Å². The van der Waals surface area contributed by atoms with Crippen LogP contribution in [0.2, 0.25) is 0 Å². The van der Waals surface area contributed by atoms with Crippen LogP contribution in [0.5, 0.6) is 0 Å². The van der Waals surface area contributed by atoms with Gasteiger partial charge in [-0.05, 0) is 24.0 Å². The summed E-state index contributed by atoms with van der Waals surface area (Å²) in [6, 6.07) is 7.37. The molecule has 3 rings (SSSR count). The van der Waals surface area contributed by atoms with Crippen molar-refractivity contribution in [2.45, 2.75) is 39.7 Å². The van der Waals surface area contributed by atoms with E-state index in [0.29, 0.717) is 18.7 Å². The highest BCUT2D eigenvalue weighted by Gasteiger charge is 2.48. The van der Waals surface area contributed by atoms with Crippen molar-refractivity contribution in [1.29, 1.82) is 0 Å². The molecular formula is C20H26N2O4. The molecule has 1 aromatic heterocycles. The van der Waals surface area contributed by atoms with Crippen LogP contribution in [0.4, 0.5) is 4.79 Å². The predicted octanol–water partition coefficient (Wildman–Crippen LogP) is 3.45. The fraction of sp³-hybridized carbons (Fsp3) is 0.500. The second-order valence-electron chi connectivity index (χ2n) is 7.89. The lowest BCUT2D eigenvalue weighted by atomic mass is 9.75. The molecule has 6 heteroatoms. The highest BCUT2D eigenvalue weighted by molar-refractivity contribution is 5.92. The second-order valence-corrected chi connectivity index (χ2v) is 7.89. The molecule has 1 aromatic carbocycles. The first-order valence-electron chi connectivity index (χ1n) is 8.99. The maximum Gasteiger partial charge on any atom is 0.416 e. The van der Waals surface area contributed by atoms with Crippen molar-refractivity contribution in [1.82, 2.24) is 9.88 Å². The first-order valence-corrected chi connectivity index (χ1v) is 8.99. The average Bonchev–Trinajstić information content (AvgIpc) is 3.16. The number of nitrogens with zero attached hydrogens (tertiary/aromatic N) is 1. The van der Waals surface area contributed by atoms with Gasteiger partial charge in [0.2, 0.25) is 0 Å². The van der Waals surface area contributed by atoms with E-state index in [2.05, 4.69) is 26.1 Å². The van der Waals surface area contributed by atoms with Gasteiger partial charge in [0.1, 0.15) is 0 Å². The molecule has 0 radical (unpaired) electrons. The third-order valence-corrected chi connectivity index (χ3v) is 5.19. The highest BCUT2D eigenvalue weighted by Crippen LogP contribution is 2.42. The van der Waals surface area contributed by atoms with Crippen LogP contribution < -0.4 is 5.32 Å². The summed E-state index contributed by atoms with van der Waals surface area (Å²) in [6.07, 6.45) is 0.620. The number of carboxylic acid groups (broad SMARTS) is 1. The summed E-state index contributed by atoms with van der Waals surface area (Å²) in [4.78, 5) is 24.4. The summed E-state index contributed by atoms with van der Waals surface area (Å²) in [5.41, 5.74) is 1.38. The number of esters is 1. The lowest BCUT2D eigenvalue weighted by molar-refractivity contribution is -0.149. The molecule has 0 aliphatic carbocycles. The van der Waals surface area contributed by atoms with Crippen molar-refractivity contribution in [3.05, 3.63) is 36.0 Å². The molecule has 1 fully saturated rings. The molecular weight excluding hydrogens is 332 g/mol. The first kappa shape index (κ1) is 18.5. The Morgan fingerprint density at radius 3 is 2.62 bits per heavy atom. The molecule has 1 aliphatic heterocycles. The molecule has 2 heterocycles. The summed E-state index contributed by atoms with van der Waals surface area (Å²) >= 11 is 0. The number of ether oxygens (including phenoxy) is 1. The Bertz CT molecular complexity index is 834. The van der Waals surface area contributed by atoms with Gasteiger partial charge in [-0.15, -0.1) is 0 Å².